The SMILES string of the molecule is CCCCCCCCCCCCCCOCCCCO. The Bertz CT molecular complexity index is 141. The van der Waals surface area contributed by atoms with Gasteiger partial charge in [0.05, 0.1) is 0 Å². The Labute approximate surface area is 127 Å². The Morgan fingerprint density at radius 1 is 0.550 bits per heavy atom. The van der Waals surface area contributed by atoms with Crippen LogP contribution in [0.2, 0.25) is 0 Å². The van der Waals surface area contributed by atoms with E-state index in [4.69, 9.17) is 9.84 Å². The van der Waals surface area contributed by atoms with E-state index < -0.39 is 0 Å². The van der Waals surface area contributed by atoms with E-state index in [2.05, 4.69) is 6.92 Å². The number of ether oxygens (including phenoxy) is 1. The number of rotatable bonds is 17. The van der Waals surface area contributed by atoms with Gasteiger partial charge >= 0.3 is 0 Å². The number of hydrogen-bond acceptors (Lipinski definition) is 2. The largest absolute Gasteiger partial charge is 0.396 e. The van der Waals surface area contributed by atoms with Crippen molar-refractivity contribution in [2.75, 3.05) is 19.8 Å². The van der Waals surface area contributed by atoms with Gasteiger partial charge in [-0.3, -0.25) is 0 Å². The molecule has 0 unspecified atom stereocenters. The van der Waals surface area contributed by atoms with Crippen molar-refractivity contribution in [2.24, 2.45) is 0 Å². The Morgan fingerprint density at radius 3 is 1.40 bits per heavy atom. The zero-order valence-corrected chi connectivity index (χ0v) is 13.9. The molecule has 0 aromatic carbocycles. The fourth-order valence-corrected chi connectivity index (χ4v) is 2.46. The third-order valence-corrected chi connectivity index (χ3v) is 3.84. The molecule has 0 spiro atoms. The quantitative estimate of drug-likeness (QED) is 0.359. The minimum atomic E-state index is 0.294. The summed E-state index contributed by atoms with van der Waals surface area (Å²) >= 11 is 0. The van der Waals surface area contributed by atoms with Gasteiger partial charge in [0.2, 0.25) is 0 Å². The van der Waals surface area contributed by atoms with Crippen molar-refractivity contribution in [3.05, 3.63) is 0 Å². The lowest BCUT2D eigenvalue weighted by Gasteiger charge is -2.04. The van der Waals surface area contributed by atoms with Gasteiger partial charge in [-0.05, 0) is 19.3 Å². The van der Waals surface area contributed by atoms with Crippen molar-refractivity contribution in [3.8, 4) is 0 Å². The molecule has 1 N–H and O–H groups in total. The van der Waals surface area contributed by atoms with Crippen LogP contribution >= 0.6 is 0 Å². The maximum atomic E-state index is 8.63. The third-order valence-electron chi connectivity index (χ3n) is 3.84. The maximum absolute atomic E-state index is 8.63. The number of aliphatic hydroxyl groups excluding tert-OH is 1. The molecule has 0 bridgehead atoms. The first-order valence-electron chi connectivity index (χ1n) is 9.10. The zero-order valence-electron chi connectivity index (χ0n) is 13.9. The van der Waals surface area contributed by atoms with Crippen LogP contribution in [0.4, 0.5) is 0 Å². The predicted molar refractivity (Wildman–Crippen MR) is 88.2 cm³/mol. The molecule has 20 heavy (non-hydrogen) atoms. The number of unbranched alkanes of at least 4 members (excludes halogenated alkanes) is 12. The monoisotopic (exact) mass is 286 g/mol. The van der Waals surface area contributed by atoms with Crippen LogP contribution in [0.25, 0.3) is 0 Å². The summed E-state index contributed by atoms with van der Waals surface area (Å²) in [5.74, 6) is 0. The normalized spacial score (nSPS) is 11.1. The van der Waals surface area contributed by atoms with Gasteiger partial charge < -0.3 is 9.84 Å². The smallest absolute Gasteiger partial charge is 0.0466 e. The van der Waals surface area contributed by atoms with Crippen molar-refractivity contribution in [3.63, 3.8) is 0 Å². The van der Waals surface area contributed by atoms with Crippen LogP contribution < -0.4 is 0 Å². The van der Waals surface area contributed by atoms with Crippen molar-refractivity contribution in [1.82, 2.24) is 0 Å². The Hall–Kier alpha value is -0.0800. The molecule has 0 aromatic heterocycles. The van der Waals surface area contributed by atoms with Crippen LogP contribution in [0.5, 0.6) is 0 Å². The second kappa shape index (κ2) is 18.9. The molecule has 122 valence electrons. The molecule has 0 radical (unpaired) electrons. The van der Waals surface area contributed by atoms with E-state index in [-0.39, 0.29) is 0 Å². The van der Waals surface area contributed by atoms with Gasteiger partial charge in [0.25, 0.3) is 0 Å². The number of aliphatic hydroxyl groups is 1. The Kier molecular flexibility index (Phi) is 18.8. The van der Waals surface area contributed by atoms with Crippen molar-refractivity contribution in [2.45, 2.75) is 96.8 Å². The van der Waals surface area contributed by atoms with Crippen LogP contribution in [0.1, 0.15) is 96.8 Å². The molecular formula is C18H38O2. The van der Waals surface area contributed by atoms with Crippen molar-refractivity contribution >= 4 is 0 Å². The molecule has 0 saturated carbocycles. The van der Waals surface area contributed by atoms with E-state index in [9.17, 15) is 0 Å². The first kappa shape index (κ1) is 19.9. The van der Waals surface area contributed by atoms with Gasteiger partial charge in [-0.2, -0.15) is 0 Å². The van der Waals surface area contributed by atoms with Crippen molar-refractivity contribution in [1.29, 1.82) is 0 Å². The standard InChI is InChI=1S/C18H38O2/c1-2-3-4-5-6-7-8-9-10-11-12-14-17-20-18-15-13-16-19/h19H,2-18H2,1H3. The van der Waals surface area contributed by atoms with Gasteiger partial charge in [0.1, 0.15) is 0 Å². The highest BCUT2D eigenvalue weighted by atomic mass is 16.5. The van der Waals surface area contributed by atoms with Gasteiger partial charge in [-0.25, -0.2) is 0 Å². The van der Waals surface area contributed by atoms with Crippen LogP contribution in [0.3, 0.4) is 0 Å². The maximum Gasteiger partial charge on any atom is 0.0466 e. The summed E-state index contributed by atoms with van der Waals surface area (Å²) < 4.78 is 5.52. The summed E-state index contributed by atoms with van der Waals surface area (Å²) in [6, 6.07) is 0. The van der Waals surface area contributed by atoms with Crippen LogP contribution in [-0.2, 0) is 4.74 Å². The van der Waals surface area contributed by atoms with Gasteiger partial charge in [-0.15, -0.1) is 0 Å². The second-order valence-electron chi connectivity index (χ2n) is 5.93. The molecule has 0 atom stereocenters. The lowest BCUT2D eigenvalue weighted by atomic mass is 10.1. The minimum Gasteiger partial charge on any atom is -0.396 e. The summed E-state index contributed by atoms with van der Waals surface area (Å²) in [6.07, 6.45) is 18.6. The summed E-state index contributed by atoms with van der Waals surface area (Å²) in [6.45, 7) is 4.30. The zero-order chi connectivity index (χ0) is 14.7. The van der Waals surface area contributed by atoms with E-state index in [0.29, 0.717) is 6.61 Å². The summed E-state index contributed by atoms with van der Waals surface area (Å²) in [4.78, 5) is 0. The average Bonchev–Trinajstić information content (AvgIpc) is 2.47. The number of hydrogen-bond donors (Lipinski definition) is 1. The molecule has 0 rings (SSSR count). The highest BCUT2D eigenvalue weighted by molar-refractivity contribution is 4.48. The van der Waals surface area contributed by atoms with Gasteiger partial charge in [0, 0.05) is 19.8 Å². The molecule has 0 aromatic rings. The summed E-state index contributed by atoms with van der Waals surface area (Å²) in [5.41, 5.74) is 0. The summed E-state index contributed by atoms with van der Waals surface area (Å²) in [5, 5.41) is 8.63. The molecular weight excluding hydrogens is 248 g/mol. The molecule has 0 saturated heterocycles. The molecule has 2 heteroatoms. The van der Waals surface area contributed by atoms with E-state index >= 15 is 0 Å². The predicted octanol–water partition coefficient (Wildman–Crippen LogP) is 5.48. The Balaban J connectivity index is 2.89. The first-order chi connectivity index (χ1) is 9.91. The lowest BCUT2D eigenvalue weighted by Crippen LogP contribution is -1.98. The topological polar surface area (TPSA) is 29.5 Å². The third kappa shape index (κ3) is 17.9. The second-order valence-corrected chi connectivity index (χ2v) is 5.93. The van der Waals surface area contributed by atoms with E-state index in [0.717, 1.165) is 26.1 Å². The Morgan fingerprint density at radius 2 is 0.950 bits per heavy atom. The molecule has 0 aliphatic heterocycles. The molecule has 2 nitrogen and oxygen atoms in total. The molecule has 0 aliphatic carbocycles. The summed E-state index contributed by atoms with van der Waals surface area (Å²) in [7, 11) is 0. The molecule has 0 aliphatic rings. The lowest BCUT2D eigenvalue weighted by molar-refractivity contribution is 0.121. The molecule has 0 heterocycles. The fourth-order valence-electron chi connectivity index (χ4n) is 2.46. The molecule has 0 fully saturated rings. The molecule has 0 amide bonds. The fraction of sp³-hybridized carbons (Fsp3) is 1.00. The average molecular weight is 286 g/mol. The van der Waals surface area contributed by atoms with E-state index in [1.54, 1.807) is 0 Å². The van der Waals surface area contributed by atoms with E-state index in [1.165, 1.54) is 77.0 Å². The van der Waals surface area contributed by atoms with Crippen LogP contribution in [0.15, 0.2) is 0 Å². The van der Waals surface area contributed by atoms with Crippen LogP contribution in [0, 0.1) is 0 Å². The van der Waals surface area contributed by atoms with Crippen molar-refractivity contribution < 1.29 is 9.84 Å². The first-order valence-corrected chi connectivity index (χ1v) is 9.10. The highest BCUT2D eigenvalue weighted by Crippen LogP contribution is 2.11. The minimum absolute atomic E-state index is 0.294. The van der Waals surface area contributed by atoms with E-state index in [1.807, 2.05) is 0 Å². The van der Waals surface area contributed by atoms with Gasteiger partial charge in [-0.1, -0.05) is 77.6 Å². The highest BCUT2D eigenvalue weighted by Gasteiger charge is 1.94. The van der Waals surface area contributed by atoms with Gasteiger partial charge in [0.15, 0.2) is 0 Å². The van der Waals surface area contributed by atoms with Crippen LogP contribution in [-0.4, -0.2) is 24.9 Å².